The molecule has 0 bridgehead atoms. The van der Waals surface area contributed by atoms with Crippen molar-refractivity contribution in [1.29, 1.82) is 10.5 Å². The zero-order valence-corrected chi connectivity index (χ0v) is 27.4. The van der Waals surface area contributed by atoms with Gasteiger partial charge in [-0.3, -0.25) is 0 Å². The van der Waals surface area contributed by atoms with E-state index in [1.807, 2.05) is 109 Å². The van der Waals surface area contributed by atoms with Gasteiger partial charge in [-0.15, -0.1) is 0 Å². The van der Waals surface area contributed by atoms with Crippen molar-refractivity contribution in [3.8, 4) is 46.3 Å². The van der Waals surface area contributed by atoms with E-state index in [1.54, 1.807) is 0 Å². The molecular weight excluding hydrogens is 625 g/mol. The molecule has 0 heterocycles. The number of rotatable bonds is 6. The van der Waals surface area contributed by atoms with Crippen LogP contribution in [-0.2, 0) is 5.41 Å². The molecule has 0 atom stereocenters. The maximum Gasteiger partial charge on any atom is 0.150 e. The molecule has 0 spiro atoms. The van der Waals surface area contributed by atoms with E-state index in [9.17, 15) is 10.5 Å². The number of para-hydroxylation sites is 2. The lowest BCUT2D eigenvalue weighted by Gasteiger charge is -2.38. The van der Waals surface area contributed by atoms with Crippen LogP contribution in [0.3, 0.4) is 0 Å². The molecule has 0 radical (unpaired) electrons. The Morgan fingerprint density at radius 2 is 0.784 bits per heavy atom. The van der Waals surface area contributed by atoms with Crippen LogP contribution in [-0.4, -0.2) is 0 Å². The van der Waals surface area contributed by atoms with Crippen LogP contribution in [0.2, 0.25) is 0 Å². The quantitative estimate of drug-likeness (QED) is 0.179. The van der Waals surface area contributed by atoms with E-state index in [2.05, 4.69) is 72.8 Å². The SMILES string of the molecule is N#Cc1cc2ccccc2c(C2(c3c(Oc4ccccc4)c(C#N)cc4ccccc34)c3ccccc3-c3ccccc32)c1Oc1ccccc1. The summed E-state index contributed by atoms with van der Waals surface area (Å²) in [5.41, 5.74) is 5.41. The second-order valence-electron chi connectivity index (χ2n) is 12.6. The van der Waals surface area contributed by atoms with Gasteiger partial charge in [0.05, 0.1) is 16.5 Å². The van der Waals surface area contributed by atoms with Crippen molar-refractivity contribution in [3.63, 3.8) is 0 Å². The highest BCUT2D eigenvalue weighted by Crippen LogP contribution is 2.63. The van der Waals surface area contributed by atoms with Crippen LogP contribution in [0.5, 0.6) is 23.0 Å². The summed E-state index contributed by atoms with van der Waals surface area (Å²) >= 11 is 0. The zero-order valence-electron chi connectivity index (χ0n) is 27.4. The third kappa shape index (κ3) is 4.59. The standard InChI is InChI=1S/C47H28N2O2/c48-29-33-27-31-15-7-9-21-37(31)43(45(33)50-35-17-3-1-4-18-35)47(41-25-13-11-23-39(41)40-24-12-14-26-42(40)47)44-38-22-10-8-16-32(38)28-34(30-49)46(44)51-36-19-5-2-6-20-36/h1-28H. The summed E-state index contributed by atoms with van der Waals surface area (Å²) in [6, 6.07) is 61.1. The Hall–Kier alpha value is -7.14. The van der Waals surface area contributed by atoms with E-state index in [-0.39, 0.29) is 0 Å². The molecule has 0 saturated heterocycles. The Balaban J connectivity index is 1.57. The summed E-state index contributed by atoms with van der Waals surface area (Å²) < 4.78 is 13.9. The molecule has 8 aromatic carbocycles. The highest BCUT2D eigenvalue weighted by molar-refractivity contribution is 6.02. The van der Waals surface area contributed by atoms with Gasteiger partial charge in [-0.2, -0.15) is 10.5 Å². The molecule has 9 rings (SSSR count). The summed E-state index contributed by atoms with van der Waals surface area (Å²) in [6.07, 6.45) is 0. The van der Waals surface area contributed by atoms with Gasteiger partial charge < -0.3 is 9.47 Å². The molecule has 1 aliphatic rings. The molecule has 0 amide bonds. The van der Waals surface area contributed by atoms with Crippen LogP contribution in [0.1, 0.15) is 33.4 Å². The topological polar surface area (TPSA) is 66.0 Å². The Bertz CT molecular complexity index is 2530. The van der Waals surface area contributed by atoms with Gasteiger partial charge in [-0.1, -0.05) is 133 Å². The Labute approximate surface area is 295 Å². The van der Waals surface area contributed by atoms with Gasteiger partial charge in [0.1, 0.15) is 23.6 Å². The summed E-state index contributed by atoms with van der Waals surface area (Å²) in [7, 11) is 0. The fourth-order valence-corrected chi connectivity index (χ4v) is 7.89. The van der Waals surface area contributed by atoms with Crippen LogP contribution in [0.25, 0.3) is 32.7 Å². The van der Waals surface area contributed by atoms with Gasteiger partial charge in [0, 0.05) is 11.1 Å². The van der Waals surface area contributed by atoms with Gasteiger partial charge >= 0.3 is 0 Å². The lowest BCUT2D eigenvalue weighted by molar-refractivity contribution is 0.458. The lowest BCUT2D eigenvalue weighted by Crippen LogP contribution is -2.31. The van der Waals surface area contributed by atoms with Gasteiger partial charge in [0.2, 0.25) is 0 Å². The number of hydrogen-bond acceptors (Lipinski definition) is 4. The fraction of sp³-hybridized carbons (Fsp3) is 0.0213. The summed E-state index contributed by atoms with van der Waals surface area (Å²) in [4.78, 5) is 0. The van der Waals surface area contributed by atoms with Crippen LogP contribution in [0.15, 0.2) is 170 Å². The second kappa shape index (κ2) is 12.1. The van der Waals surface area contributed by atoms with Crippen LogP contribution in [0, 0.1) is 22.7 Å². The number of fused-ring (bicyclic) bond motifs is 5. The number of ether oxygens (including phenoxy) is 2. The van der Waals surface area contributed by atoms with E-state index >= 15 is 0 Å². The molecule has 0 aliphatic heterocycles. The lowest BCUT2D eigenvalue weighted by atomic mass is 9.64. The average Bonchev–Trinajstić information content (AvgIpc) is 3.48. The molecule has 4 nitrogen and oxygen atoms in total. The van der Waals surface area contributed by atoms with Crippen molar-refractivity contribution in [1.82, 2.24) is 0 Å². The zero-order chi connectivity index (χ0) is 34.4. The molecule has 0 saturated carbocycles. The monoisotopic (exact) mass is 652 g/mol. The van der Waals surface area contributed by atoms with E-state index in [0.717, 1.165) is 54.9 Å². The highest BCUT2D eigenvalue weighted by atomic mass is 16.5. The smallest absolute Gasteiger partial charge is 0.150 e. The molecule has 238 valence electrons. The second-order valence-corrected chi connectivity index (χ2v) is 12.6. The first-order chi connectivity index (χ1) is 25.2. The Morgan fingerprint density at radius 1 is 0.412 bits per heavy atom. The molecule has 51 heavy (non-hydrogen) atoms. The Kier molecular flexibility index (Phi) is 7.09. The minimum Gasteiger partial charge on any atom is -0.456 e. The van der Waals surface area contributed by atoms with Gasteiger partial charge in [0.15, 0.2) is 11.5 Å². The third-order valence-electron chi connectivity index (χ3n) is 9.87. The largest absolute Gasteiger partial charge is 0.456 e. The highest BCUT2D eigenvalue weighted by Gasteiger charge is 2.52. The van der Waals surface area contributed by atoms with Gasteiger partial charge in [0.25, 0.3) is 0 Å². The summed E-state index contributed by atoms with van der Waals surface area (Å²) in [5, 5.41) is 25.4. The molecule has 0 N–H and O–H groups in total. The average molecular weight is 653 g/mol. The van der Waals surface area contributed by atoms with Gasteiger partial charge in [-0.25, -0.2) is 0 Å². The summed E-state index contributed by atoms with van der Waals surface area (Å²) in [6.45, 7) is 0. The molecule has 4 heteroatoms. The first-order valence-corrected chi connectivity index (χ1v) is 16.8. The minimum absolute atomic E-state index is 0.403. The first-order valence-electron chi connectivity index (χ1n) is 16.8. The Morgan fingerprint density at radius 3 is 1.22 bits per heavy atom. The van der Waals surface area contributed by atoms with Crippen molar-refractivity contribution >= 4 is 21.5 Å². The minimum atomic E-state index is -1.12. The maximum atomic E-state index is 10.9. The number of benzene rings is 8. The fourth-order valence-electron chi connectivity index (χ4n) is 7.89. The molecule has 0 aromatic heterocycles. The van der Waals surface area contributed by atoms with E-state index in [1.165, 1.54) is 0 Å². The summed E-state index contributed by atoms with van der Waals surface area (Å²) in [5.74, 6) is 2.12. The van der Waals surface area contributed by atoms with Gasteiger partial charge in [-0.05, 0) is 80.2 Å². The maximum absolute atomic E-state index is 10.9. The van der Waals surface area contributed by atoms with Crippen molar-refractivity contribution in [2.45, 2.75) is 5.41 Å². The van der Waals surface area contributed by atoms with Crippen LogP contribution in [0.4, 0.5) is 0 Å². The van der Waals surface area contributed by atoms with Crippen molar-refractivity contribution < 1.29 is 9.47 Å². The normalized spacial score (nSPS) is 12.4. The van der Waals surface area contributed by atoms with Crippen molar-refractivity contribution in [3.05, 3.63) is 203 Å². The van der Waals surface area contributed by atoms with Crippen LogP contribution >= 0.6 is 0 Å². The van der Waals surface area contributed by atoms with Crippen LogP contribution < -0.4 is 9.47 Å². The predicted molar refractivity (Wildman–Crippen MR) is 201 cm³/mol. The molecular formula is C47H28N2O2. The number of nitriles is 2. The molecule has 0 fully saturated rings. The number of hydrogen-bond donors (Lipinski definition) is 0. The molecule has 1 aliphatic carbocycles. The van der Waals surface area contributed by atoms with E-state index in [0.29, 0.717) is 34.1 Å². The van der Waals surface area contributed by atoms with E-state index in [4.69, 9.17) is 9.47 Å². The third-order valence-corrected chi connectivity index (χ3v) is 9.87. The number of nitrogens with zero attached hydrogens (tertiary/aromatic N) is 2. The van der Waals surface area contributed by atoms with E-state index < -0.39 is 5.41 Å². The predicted octanol–water partition coefficient (Wildman–Crippen LogP) is 11.7. The van der Waals surface area contributed by atoms with Crippen molar-refractivity contribution in [2.75, 3.05) is 0 Å². The molecule has 8 aromatic rings. The van der Waals surface area contributed by atoms with Crippen molar-refractivity contribution in [2.24, 2.45) is 0 Å². The molecule has 0 unspecified atom stereocenters. The first kappa shape index (κ1) is 30.0.